The van der Waals surface area contributed by atoms with Gasteiger partial charge in [-0.25, -0.2) is 9.59 Å². The van der Waals surface area contributed by atoms with Crippen LogP contribution >= 0.6 is 0 Å². The molecule has 0 aliphatic heterocycles. The summed E-state index contributed by atoms with van der Waals surface area (Å²) in [5, 5.41) is 8.36. The first kappa shape index (κ1) is 16.0. The molecule has 0 radical (unpaired) electrons. The van der Waals surface area contributed by atoms with E-state index in [1.807, 2.05) is 6.92 Å². The van der Waals surface area contributed by atoms with Gasteiger partial charge in [-0.05, 0) is 43.3 Å². The van der Waals surface area contributed by atoms with E-state index in [0.717, 1.165) is 5.56 Å². The highest BCUT2D eigenvalue weighted by molar-refractivity contribution is 5.90. The Kier molecular flexibility index (Phi) is 5.31. The quantitative estimate of drug-likeness (QED) is 0.479. The molecule has 0 aromatic heterocycles. The van der Waals surface area contributed by atoms with Crippen molar-refractivity contribution in [3.8, 4) is 17.8 Å². The number of rotatable bonds is 5. The molecule has 0 spiro atoms. The van der Waals surface area contributed by atoms with Crippen molar-refractivity contribution in [2.45, 2.75) is 6.92 Å². The highest BCUT2D eigenvalue weighted by atomic mass is 16.6. The molecular weight excluding hydrogens is 298 g/mol. The summed E-state index contributed by atoms with van der Waals surface area (Å²) in [6.45, 7) is 1.41. The highest BCUT2D eigenvalue weighted by Gasteiger charge is 2.11. The van der Waals surface area contributed by atoms with E-state index >= 15 is 0 Å². The van der Waals surface area contributed by atoms with Gasteiger partial charge in [0.15, 0.2) is 6.61 Å². The van der Waals surface area contributed by atoms with Crippen LogP contribution < -0.4 is 9.47 Å². The van der Waals surface area contributed by atoms with Crippen molar-refractivity contribution in [2.75, 3.05) is 6.61 Å². The summed E-state index contributed by atoms with van der Waals surface area (Å²) < 4.78 is 14.5. The number of hydrogen-bond acceptors (Lipinski definition) is 6. The summed E-state index contributed by atoms with van der Waals surface area (Å²) in [6.07, 6.45) is 1.53. The molecule has 0 saturated carbocycles. The van der Waals surface area contributed by atoms with Gasteiger partial charge in [0.1, 0.15) is 11.5 Å². The molecule has 23 heavy (non-hydrogen) atoms. The molecule has 0 N–H and O–H groups in total. The first-order valence-electron chi connectivity index (χ1n) is 6.69. The van der Waals surface area contributed by atoms with Gasteiger partial charge in [-0.15, -0.1) is 5.26 Å². The number of carbonyl (C=O) groups is 2. The van der Waals surface area contributed by atoms with Crippen molar-refractivity contribution in [2.24, 2.45) is 0 Å². The number of benzene rings is 2. The predicted octanol–water partition coefficient (Wildman–Crippen LogP) is 2.62. The van der Waals surface area contributed by atoms with Crippen LogP contribution in [0.5, 0.6) is 11.5 Å². The Morgan fingerprint density at radius 3 is 2.22 bits per heavy atom. The molecule has 6 heteroatoms. The zero-order valence-corrected chi connectivity index (χ0v) is 12.3. The minimum atomic E-state index is -0.709. The van der Waals surface area contributed by atoms with E-state index in [1.54, 1.807) is 24.3 Å². The van der Waals surface area contributed by atoms with Crippen LogP contribution in [-0.4, -0.2) is 18.5 Å². The normalized spacial score (nSPS) is 9.57. The summed E-state index contributed by atoms with van der Waals surface area (Å²) in [5.74, 6) is -0.719. The second kappa shape index (κ2) is 7.61. The minimum Gasteiger partial charge on any atom is -0.450 e. The summed E-state index contributed by atoms with van der Waals surface area (Å²) in [5.41, 5.74) is 1.38. The molecule has 0 heterocycles. The third-order valence-corrected chi connectivity index (χ3v) is 2.83. The van der Waals surface area contributed by atoms with Crippen LogP contribution in [0.15, 0.2) is 48.5 Å². The maximum Gasteiger partial charge on any atom is 0.349 e. The van der Waals surface area contributed by atoms with Gasteiger partial charge in [0.25, 0.3) is 6.26 Å². The zero-order valence-electron chi connectivity index (χ0n) is 12.3. The first-order chi connectivity index (χ1) is 11.1. The number of esters is 2. The van der Waals surface area contributed by atoms with E-state index < -0.39 is 18.5 Å². The summed E-state index contributed by atoms with van der Waals surface area (Å²) in [6, 6.07) is 12.7. The molecule has 0 unspecified atom stereocenters. The second-order valence-corrected chi connectivity index (χ2v) is 4.58. The molecule has 2 rings (SSSR count). The monoisotopic (exact) mass is 311 g/mol. The number of aryl methyl sites for hydroxylation is 1. The Morgan fingerprint density at radius 1 is 1.00 bits per heavy atom. The lowest BCUT2D eigenvalue weighted by atomic mass is 10.1. The molecule has 116 valence electrons. The maximum atomic E-state index is 11.8. The molecule has 0 fully saturated rings. The molecule has 0 amide bonds. The van der Waals surface area contributed by atoms with E-state index in [2.05, 4.69) is 4.74 Å². The van der Waals surface area contributed by atoms with Gasteiger partial charge in [-0.2, -0.15) is 0 Å². The zero-order chi connectivity index (χ0) is 16.7. The van der Waals surface area contributed by atoms with Gasteiger partial charge in [0, 0.05) is 0 Å². The van der Waals surface area contributed by atoms with E-state index in [9.17, 15) is 9.59 Å². The average Bonchev–Trinajstić information content (AvgIpc) is 2.55. The van der Waals surface area contributed by atoms with Crippen molar-refractivity contribution in [1.82, 2.24) is 0 Å². The smallest absolute Gasteiger partial charge is 0.349 e. The molecule has 0 saturated heterocycles. The minimum absolute atomic E-state index is 0.256. The van der Waals surface area contributed by atoms with E-state index in [-0.39, 0.29) is 5.75 Å². The van der Waals surface area contributed by atoms with Gasteiger partial charge in [-0.1, -0.05) is 17.7 Å². The topological polar surface area (TPSA) is 85.6 Å². The lowest BCUT2D eigenvalue weighted by Gasteiger charge is -2.06. The fourth-order valence-corrected chi connectivity index (χ4v) is 1.69. The lowest BCUT2D eigenvalue weighted by molar-refractivity contribution is -0.137. The lowest BCUT2D eigenvalue weighted by Crippen LogP contribution is -2.18. The molecular formula is C17H13NO5. The van der Waals surface area contributed by atoms with E-state index in [4.69, 9.17) is 14.7 Å². The molecule has 6 nitrogen and oxygen atoms in total. The highest BCUT2D eigenvalue weighted by Crippen LogP contribution is 2.17. The van der Waals surface area contributed by atoms with Crippen molar-refractivity contribution in [1.29, 1.82) is 5.26 Å². The third-order valence-electron chi connectivity index (χ3n) is 2.83. The Balaban J connectivity index is 1.84. The van der Waals surface area contributed by atoms with Crippen molar-refractivity contribution < 1.29 is 23.8 Å². The molecule has 0 aliphatic rings. The number of hydrogen-bond donors (Lipinski definition) is 0. The van der Waals surface area contributed by atoms with Gasteiger partial charge >= 0.3 is 11.9 Å². The fraction of sp³-hybridized carbons (Fsp3) is 0.118. The predicted molar refractivity (Wildman–Crippen MR) is 79.8 cm³/mol. The van der Waals surface area contributed by atoms with Crippen LogP contribution in [0.1, 0.15) is 15.9 Å². The van der Waals surface area contributed by atoms with Crippen molar-refractivity contribution in [3.05, 3.63) is 59.7 Å². The molecule has 0 aliphatic carbocycles. The van der Waals surface area contributed by atoms with Crippen molar-refractivity contribution in [3.63, 3.8) is 0 Å². The van der Waals surface area contributed by atoms with Gasteiger partial charge in [-0.3, -0.25) is 0 Å². The standard InChI is InChI=1S/C17H13NO5/c1-12-2-4-13(5-3-12)17(20)21-10-16(19)23-15-8-6-14(7-9-15)22-11-18/h2-9H,10H2,1H3. The van der Waals surface area contributed by atoms with Crippen molar-refractivity contribution >= 4 is 11.9 Å². The second-order valence-electron chi connectivity index (χ2n) is 4.58. The molecule has 0 atom stereocenters. The molecule has 0 bridgehead atoms. The Morgan fingerprint density at radius 2 is 1.61 bits per heavy atom. The first-order valence-corrected chi connectivity index (χ1v) is 6.69. The van der Waals surface area contributed by atoms with E-state index in [1.165, 1.54) is 30.5 Å². The van der Waals surface area contributed by atoms with Crippen LogP contribution in [0.4, 0.5) is 0 Å². The SMILES string of the molecule is Cc1ccc(C(=O)OCC(=O)Oc2ccc(OC#N)cc2)cc1. The number of nitriles is 1. The summed E-state index contributed by atoms with van der Waals surface area (Å²) in [7, 11) is 0. The summed E-state index contributed by atoms with van der Waals surface area (Å²) in [4.78, 5) is 23.4. The van der Waals surface area contributed by atoms with Crippen LogP contribution in [0.25, 0.3) is 0 Å². The number of ether oxygens (including phenoxy) is 3. The van der Waals surface area contributed by atoms with E-state index in [0.29, 0.717) is 11.3 Å². The molecule has 2 aromatic rings. The Hall–Kier alpha value is -3.33. The number of carbonyl (C=O) groups excluding carboxylic acids is 2. The van der Waals surface area contributed by atoms with Crippen LogP contribution in [0, 0.1) is 18.4 Å². The third kappa shape index (κ3) is 4.86. The van der Waals surface area contributed by atoms with Crippen LogP contribution in [0.2, 0.25) is 0 Å². The van der Waals surface area contributed by atoms with Gasteiger partial charge in [0.05, 0.1) is 5.56 Å². The van der Waals surface area contributed by atoms with Gasteiger partial charge in [0.2, 0.25) is 0 Å². The largest absolute Gasteiger partial charge is 0.450 e. The van der Waals surface area contributed by atoms with Crippen LogP contribution in [0.3, 0.4) is 0 Å². The summed E-state index contributed by atoms with van der Waals surface area (Å²) >= 11 is 0. The Labute approximate surface area is 132 Å². The van der Waals surface area contributed by atoms with Gasteiger partial charge < -0.3 is 14.2 Å². The average molecular weight is 311 g/mol. The number of nitrogens with zero attached hydrogens (tertiary/aromatic N) is 1. The Bertz CT molecular complexity index is 729. The van der Waals surface area contributed by atoms with Crippen LogP contribution in [-0.2, 0) is 9.53 Å². The fourth-order valence-electron chi connectivity index (χ4n) is 1.69. The maximum absolute atomic E-state index is 11.8. The molecule has 2 aromatic carbocycles.